The van der Waals surface area contributed by atoms with E-state index in [2.05, 4.69) is 5.32 Å². The summed E-state index contributed by atoms with van der Waals surface area (Å²) in [6, 6.07) is 14.6. The number of hydrogen-bond acceptors (Lipinski definition) is 2. The highest BCUT2D eigenvalue weighted by atomic mass is 35.5. The molecule has 1 saturated heterocycles. The zero-order valence-corrected chi connectivity index (χ0v) is 15.3. The Labute approximate surface area is 157 Å². The first kappa shape index (κ1) is 18.1. The second-order valence-corrected chi connectivity index (χ2v) is 6.90. The zero-order valence-electron chi connectivity index (χ0n) is 13.8. The van der Waals surface area contributed by atoms with Crippen LogP contribution in [0.2, 0.25) is 10.0 Å². The summed E-state index contributed by atoms with van der Waals surface area (Å²) in [5, 5.41) is 4.18. The lowest BCUT2D eigenvalue weighted by Crippen LogP contribution is -2.45. The van der Waals surface area contributed by atoms with Crippen LogP contribution in [0.15, 0.2) is 48.5 Å². The van der Waals surface area contributed by atoms with E-state index >= 15 is 0 Å². The molecule has 2 aromatic rings. The average molecular weight is 379 g/mol. The number of carbonyl (C=O) groups excluding carboxylic acids is 1. The van der Waals surface area contributed by atoms with Crippen molar-refractivity contribution in [1.29, 1.82) is 0 Å². The van der Waals surface area contributed by atoms with Gasteiger partial charge in [-0.1, -0.05) is 47.5 Å². The van der Waals surface area contributed by atoms with Crippen molar-refractivity contribution >= 4 is 34.9 Å². The van der Waals surface area contributed by atoms with Gasteiger partial charge in [0.2, 0.25) is 0 Å². The van der Waals surface area contributed by atoms with Crippen molar-refractivity contribution in [2.45, 2.75) is 25.6 Å². The number of piperidine rings is 1. The normalized spacial score (nSPS) is 17.4. The molecule has 1 heterocycles. The molecule has 0 bridgehead atoms. The highest BCUT2D eigenvalue weighted by Gasteiger charge is 2.24. The lowest BCUT2D eigenvalue weighted by molar-refractivity contribution is 0.00105. The summed E-state index contributed by atoms with van der Waals surface area (Å²) in [4.78, 5) is 14.2. The maximum Gasteiger partial charge on any atom is 0.321 e. The van der Waals surface area contributed by atoms with Gasteiger partial charge < -0.3 is 15.0 Å². The molecule has 0 saturated carbocycles. The number of benzene rings is 2. The molecule has 2 aromatic carbocycles. The first-order chi connectivity index (χ1) is 12.1. The molecular weight excluding hydrogens is 359 g/mol. The van der Waals surface area contributed by atoms with Crippen molar-refractivity contribution in [3.63, 3.8) is 0 Å². The second kappa shape index (κ2) is 8.56. The fourth-order valence-electron chi connectivity index (χ4n) is 2.85. The van der Waals surface area contributed by atoms with E-state index in [0.717, 1.165) is 24.9 Å². The van der Waals surface area contributed by atoms with E-state index in [1.54, 1.807) is 17.0 Å². The number of ether oxygens (including phenoxy) is 1. The Hall–Kier alpha value is -1.75. The minimum Gasteiger partial charge on any atom is -0.372 e. The van der Waals surface area contributed by atoms with Crippen molar-refractivity contribution in [1.82, 2.24) is 4.90 Å². The van der Waals surface area contributed by atoms with Crippen LogP contribution in [0.3, 0.4) is 0 Å². The smallest absolute Gasteiger partial charge is 0.321 e. The molecule has 0 aliphatic carbocycles. The molecule has 132 valence electrons. The van der Waals surface area contributed by atoms with E-state index < -0.39 is 0 Å². The number of carbonyl (C=O) groups is 1. The van der Waals surface area contributed by atoms with Crippen LogP contribution < -0.4 is 5.32 Å². The van der Waals surface area contributed by atoms with E-state index in [0.29, 0.717) is 28.9 Å². The molecule has 3 rings (SSSR count). The molecule has 25 heavy (non-hydrogen) atoms. The number of urea groups is 1. The molecule has 2 amide bonds. The number of anilines is 1. The molecule has 1 atom stereocenters. The van der Waals surface area contributed by atoms with Gasteiger partial charge in [0.25, 0.3) is 0 Å². The van der Waals surface area contributed by atoms with Crippen LogP contribution >= 0.6 is 23.2 Å². The van der Waals surface area contributed by atoms with Crippen molar-refractivity contribution in [3.8, 4) is 0 Å². The Balaban J connectivity index is 1.53. The van der Waals surface area contributed by atoms with Gasteiger partial charge in [-0.2, -0.15) is 0 Å². The summed E-state index contributed by atoms with van der Waals surface area (Å²) >= 11 is 12.1. The SMILES string of the molecule is O=C(Nc1cccc(Cl)c1)N1CCC[C@@H](OCc2ccccc2Cl)C1. The highest BCUT2D eigenvalue weighted by Crippen LogP contribution is 2.21. The van der Waals surface area contributed by atoms with Gasteiger partial charge in [0, 0.05) is 28.8 Å². The monoisotopic (exact) mass is 378 g/mol. The van der Waals surface area contributed by atoms with Crippen LogP contribution in [-0.2, 0) is 11.3 Å². The standard InChI is InChI=1S/C19H20Cl2N2O2/c20-15-6-3-7-16(11-15)22-19(24)23-10-4-8-17(12-23)25-13-14-5-1-2-9-18(14)21/h1-3,5-7,9,11,17H,4,8,10,12-13H2,(H,22,24)/t17-/m1/s1. The Morgan fingerprint density at radius 3 is 2.84 bits per heavy atom. The molecular formula is C19H20Cl2N2O2. The van der Waals surface area contributed by atoms with Gasteiger partial charge in [0.15, 0.2) is 0 Å². The summed E-state index contributed by atoms with van der Waals surface area (Å²) in [5.41, 5.74) is 1.65. The van der Waals surface area contributed by atoms with E-state index in [1.807, 2.05) is 36.4 Å². The van der Waals surface area contributed by atoms with Gasteiger partial charge >= 0.3 is 6.03 Å². The molecule has 6 heteroatoms. The summed E-state index contributed by atoms with van der Waals surface area (Å²) in [6.07, 6.45) is 1.86. The van der Waals surface area contributed by atoms with Crippen LogP contribution in [0.1, 0.15) is 18.4 Å². The first-order valence-electron chi connectivity index (χ1n) is 8.28. The predicted molar refractivity (Wildman–Crippen MR) is 101 cm³/mol. The minimum atomic E-state index is -0.131. The number of nitrogens with one attached hydrogen (secondary N) is 1. The molecule has 1 N–H and O–H groups in total. The number of hydrogen-bond donors (Lipinski definition) is 1. The van der Waals surface area contributed by atoms with Gasteiger partial charge in [-0.25, -0.2) is 4.79 Å². The third-order valence-corrected chi connectivity index (χ3v) is 4.78. The van der Waals surface area contributed by atoms with E-state index in [1.165, 1.54) is 0 Å². The minimum absolute atomic E-state index is 0.00938. The first-order valence-corrected chi connectivity index (χ1v) is 9.04. The Kier molecular flexibility index (Phi) is 6.19. The Morgan fingerprint density at radius 2 is 2.04 bits per heavy atom. The van der Waals surface area contributed by atoms with E-state index in [9.17, 15) is 4.79 Å². The summed E-state index contributed by atoms with van der Waals surface area (Å²) < 4.78 is 5.97. The topological polar surface area (TPSA) is 41.6 Å². The molecule has 1 fully saturated rings. The van der Waals surface area contributed by atoms with Crippen LogP contribution in [-0.4, -0.2) is 30.1 Å². The second-order valence-electron chi connectivity index (χ2n) is 6.05. The predicted octanol–water partition coefficient (Wildman–Crippen LogP) is 5.21. The quantitative estimate of drug-likeness (QED) is 0.793. The molecule has 4 nitrogen and oxygen atoms in total. The maximum absolute atomic E-state index is 12.4. The van der Waals surface area contributed by atoms with E-state index in [4.69, 9.17) is 27.9 Å². The molecule has 0 aromatic heterocycles. The summed E-state index contributed by atoms with van der Waals surface area (Å²) in [7, 11) is 0. The number of halogens is 2. The highest BCUT2D eigenvalue weighted by molar-refractivity contribution is 6.31. The van der Waals surface area contributed by atoms with Crippen LogP contribution in [0.4, 0.5) is 10.5 Å². The third-order valence-electron chi connectivity index (χ3n) is 4.17. The van der Waals surface area contributed by atoms with Gasteiger partial charge in [0.1, 0.15) is 0 Å². The largest absolute Gasteiger partial charge is 0.372 e. The van der Waals surface area contributed by atoms with Gasteiger partial charge in [-0.05, 0) is 42.7 Å². The van der Waals surface area contributed by atoms with Crippen molar-refractivity contribution in [2.24, 2.45) is 0 Å². The fourth-order valence-corrected chi connectivity index (χ4v) is 3.23. The van der Waals surface area contributed by atoms with Crippen molar-refractivity contribution in [2.75, 3.05) is 18.4 Å². The van der Waals surface area contributed by atoms with Crippen LogP contribution in [0.5, 0.6) is 0 Å². The fraction of sp³-hybridized carbons (Fsp3) is 0.316. The van der Waals surface area contributed by atoms with Crippen LogP contribution in [0, 0.1) is 0 Å². The number of nitrogens with zero attached hydrogens (tertiary/aromatic N) is 1. The molecule has 1 aliphatic rings. The van der Waals surface area contributed by atoms with Gasteiger partial charge in [-0.15, -0.1) is 0 Å². The van der Waals surface area contributed by atoms with Crippen LogP contribution in [0.25, 0.3) is 0 Å². The third kappa shape index (κ3) is 5.11. The Bertz CT molecular complexity index is 739. The average Bonchev–Trinajstić information content (AvgIpc) is 2.61. The number of rotatable bonds is 4. The maximum atomic E-state index is 12.4. The number of likely N-dealkylation sites (tertiary alicyclic amines) is 1. The lowest BCUT2D eigenvalue weighted by atomic mass is 10.1. The summed E-state index contributed by atoms with van der Waals surface area (Å²) in [5.74, 6) is 0. The number of amides is 2. The van der Waals surface area contributed by atoms with Gasteiger partial charge in [-0.3, -0.25) is 0 Å². The van der Waals surface area contributed by atoms with Crippen molar-refractivity contribution < 1.29 is 9.53 Å². The van der Waals surface area contributed by atoms with E-state index in [-0.39, 0.29) is 12.1 Å². The van der Waals surface area contributed by atoms with Crippen molar-refractivity contribution in [3.05, 3.63) is 64.1 Å². The molecule has 1 aliphatic heterocycles. The molecule has 0 radical (unpaired) electrons. The zero-order chi connectivity index (χ0) is 17.6. The molecule has 0 spiro atoms. The van der Waals surface area contributed by atoms with Gasteiger partial charge in [0.05, 0.1) is 12.7 Å². The Morgan fingerprint density at radius 1 is 1.20 bits per heavy atom. The molecule has 0 unspecified atom stereocenters. The lowest BCUT2D eigenvalue weighted by Gasteiger charge is -2.32. The summed E-state index contributed by atoms with van der Waals surface area (Å²) in [6.45, 7) is 1.74.